The van der Waals surface area contributed by atoms with E-state index in [9.17, 15) is 0 Å². The molecule has 1 saturated carbocycles. The Labute approximate surface area is 134 Å². The Morgan fingerprint density at radius 2 is 2.27 bits per heavy atom. The highest BCUT2D eigenvalue weighted by Gasteiger charge is 2.28. The molecular formula is C16H30N6. The molecule has 0 aliphatic heterocycles. The van der Waals surface area contributed by atoms with Gasteiger partial charge in [0.1, 0.15) is 0 Å². The zero-order chi connectivity index (χ0) is 15.8. The Morgan fingerprint density at radius 3 is 2.91 bits per heavy atom. The van der Waals surface area contributed by atoms with E-state index in [4.69, 9.17) is 4.99 Å². The van der Waals surface area contributed by atoms with Gasteiger partial charge in [-0.05, 0) is 46.2 Å². The van der Waals surface area contributed by atoms with Crippen molar-refractivity contribution in [1.82, 2.24) is 25.3 Å². The summed E-state index contributed by atoms with van der Waals surface area (Å²) >= 11 is 0. The summed E-state index contributed by atoms with van der Waals surface area (Å²) in [5.41, 5.74) is 0. The van der Waals surface area contributed by atoms with Crippen molar-refractivity contribution in [1.29, 1.82) is 0 Å². The molecule has 1 aromatic rings. The predicted molar refractivity (Wildman–Crippen MR) is 91.1 cm³/mol. The zero-order valence-electron chi connectivity index (χ0n) is 14.1. The maximum Gasteiger partial charge on any atom is 0.191 e. The van der Waals surface area contributed by atoms with Crippen LogP contribution in [0.25, 0.3) is 0 Å². The van der Waals surface area contributed by atoms with E-state index in [2.05, 4.69) is 41.5 Å². The van der Waals surface area contributed by atoms with Crippen LogP contribution in [-0.2, 0) is 6.54 Å². The Balaban J connectivity index is 1.69. The van der Waals surface area contributed by atoms with Gasteiger partial charge < -0.3 is 10.6 Å². The van der Waals surface area contributed by atoms with Crippen LogP contribution in [-0.4, -0.2) is 59.4 Å². The van der Waals surface area contributed by atoms with Crippen LogP contribution in [0, 0.1) is 0 Å². The molecule has 6 nitrogen and oxygen atoms in total. The number of aliphatic imine (C=N–C) groups is 1. The quantitative estimate of drug-likeness (QED) is 0.410. The third kappa shape index (κ3) is 5.67. The van der Waals surface area contributed by atoms with Gasteiger partial charge in [-0.2, -0.15) is 5.10 Å². The average molecular weight is 306 g/mol. The van der Waals surface area contributed by atoms with Crippen molar-refractivity contribution in [2.45, 2.75) is 51.7 Å². The first-order valence-corrected chi connectivity index (χ1v) is 8.42. The summed E-state index contributed by atoms with van der Waals surface area (Å²) < 4.78 is 1.96. The van der Waals surface area contributed by atoms with E-state index in [0.717, 1.165) is 44.6 Å². The van der Waals surface area contributed by atoms with Gasteiger partial charge in [0.05, 0.1) is 6.54 Å². The summed E-state index contributed by atoms with van der Waals surface area (Å²) in [7, 11) is 2.21. The number of rotatable bonds is 9. The van der Waals surface area contributed by atoms with Gasteiger partial charge in [-0.3, -0.25) is 14.6 Å². The van der Waals surface area contributed by atoms with E-state index in [1.165, 1.54) is 12.8 Å². The van der Waals surface area contributed by atoms with Gasteiger partial charge in [0.25, 0.3) is 0 Å². The van der Waals surface area contributed by atoms with Gasteiger partial charge in [-0.25, -0.2) is 0 Å². The minimum atomic E-state index is 0.493. The van der Waals surface area contributed by atoms with E-state index in [0.29, 0.717) is 6.04 Å². The second-order valence-electron chi connectivity index (χ2n) is 6.01. The predicted octanol–water partition coefficient (Wildman–Crippen LogP) is 1.31. The number of nitrogens with one attached hydrogen (secondary N) is 2. The molecule has 2 N–H and O–H groups in total. The van der Waals surface area contributed by atoms with Crippen molar-refractivity contribution in [3.05, 3.63) is 18.5 Å². The molecule has 0 bridgehead atoms. The van der Waals surface area contributed by atoms with Crippen LogP contribution in [0.4, 0.5) is 0 Å². The average Bonchev–Trinajstić information content (AvgIpc) is 3.24. The number of aryl methyl sites for hydroxylation is 1. The van der Waals surface area contributed by atoms with Gasteiger partial charge in [-0.15, -0.1) is 0 Å². The molecule has 1 fully saturated rings. The first kappa shape index (κ1) is 16.8. The van der Waals surface area contributed by atoms with Crippen LogP contribution in [0.5, 0.6) is 0 Å². The third-order valence-corrected chi connectivity index (χ3v) is 4.09. The van der Waals surface area contributed by atoms with Crippen LogP contribution in [0.1, 0.15) is 33.1 Å². The highest BCUT2D eigenvalue weighted by atomic mass is 15.3. The monoisotopic (exact) mass is 306 g/mol. The molecule has 1 aliphatic carbocycles. The molecule has 1 aliphatic rings. The number of guanidine groups is 1. The van der Waals surface area contributed by atoms with Crippen molar-refractivity contribution in [3.63, 3.8) is 0 Å². The largest absolute Gasteiger partial charge is 0.357 e. The fraction of sp³-hybridized carbons (Fsp3) is 0.750. The molecule has 2 rings (SSSR count). The minimum absolute atomic E-state index is 0.493. The van der Waals surface area contributed by atoms with Crippen LogP contribution >= 0.6 is 0 Å². The van der Waals surface area contributed by atoms with Crippen molar-refractivity contribution in [3.8, 4) is 0 Å². The minimum Gasteiger partial charge on any atom is -0.357 e. The first-order chi connectivity index (χ1) is 10.7. The first-order valence-electron chi connectivity index (χ1n) is 8.42. The SMILES string of the molecule is CCNC(=NCC(C)N(C)C1CC1)NCCCn1cccn1. The molecule has 0 spiro atoms. The summed E-state index contributed by atoms with van der Waals surface area (Å²) in [6.07, 6.45) is 7.53. The van der Waals surface area contributed by atoms with Crippen molar-refractivity contribution >= 4 is 5.96 Å². The molecular weight excluding hydrogens is 276 g/mol. The van der Waals surface area contributed by atoms with Crippen LogP contribution in [0.2, 0.25) is 0 Å². The fourth-order valence-electron chi connectivity index (χ4n) is 2.42. The lowest BCUT2D eigenvalue weighted by Crippen LogP contribution is -2.40. The normalized spacial score (nSPS) is 16.8. The summed E-state index contributed by atoms with van der Waals surface area (Å²) in [5.74, 6) is 0.916. The molecule has 0 aromatic carbocycles. The molecule has 22 heavy (non-hydrogen) atoms. The van der Waals surface area contributed by atoms with Crippen molar-refractivity contribution < 1.29 is 0 Å². The Kier molecular flexibility index (Phi) is 6.71. The molecule has 0 amide bonds. The number of hydrogen-bond donors (Lipinski definition) is 2. The molecule has 0 radical (unpaired) electrons. The van der Waals surface area contributed by atoms with Gasteiger partial charge in [0.15, 0.2) is 5.96 Å². The summed E-state index contributed by atoms with van der Waals surface area (Å²) in [5, 5.41) is 10.9. The third-order valence-electron chi connectivity index (χ3n) is 4.09. The van der Waals surface area contributed by atoms with E-state index in [1.807, 2.05) is 23.1 Å². The molecule has 0 saturated heterocycles. The molecule has 124 valence electrons. The lowest BCUT2D eigenvalue weighted by molar-refractivity contribution is 0.253. The second-order valence-corrected chi connectivity index (χ2v) is 6.01. The lowest BCUT2D eigenvalue weighted by atomic mass is 10.3. The van der Waals surface area contributed by atoms with Crippen LogP contribution in [0.3, 0.4) is 0 Å². The van der Waals surface area contributed by atoms with E-state index in [-0.39, 0.29) is 0 Å². The van der Waals surface area contributed by atoms with E-state index < -0.39 is 0 Å². The topological polar surface area (TPSA) is 57.5 Å². The zero-order valence-corrected chi connectivity index (χ0v) is 14.1. The number of nitrogens with zero attached hydrogens (tertiary/aromatic N) is 4. The number of aromatic nitrogens is 2. The number of likely N-dealkylation sites (N-methyl/N-ethyl adjacent to an activating group) is 1. The van der Waals surface area contributed by atoms with Gasteiger partial charge in [0, 0.05) is 44.1 Å². The maximum atomic E-state index is 4.71. The van der Waals surface area contributed by atoms with Gasteiger partial charge >= 0.3 is 0 Å². The van der Waals surface area contributed by atoms with Gasteiger partial charge in [0.2, 0.25) is 0 Å². The lowest BCUT2D eigenvalue weighted by Gasteiger charge is -2.23. The Hall–Kier alpha value is -1.56. The van der Waals surface area contributed by atoms with Crippen molar-refractivity contribution in [2.24, 2.45) is 4.99 Å². The molecule has 1 heterocycles. The molecule has 1 aromatic heterocycles. The molecule has 1 atom stereocenters. The highest BCUT2D eigenvalue weighted by Crippen LogP contribution is 2.26. The Morgan fingerprint density at radius 1 is 1.45 bits per heavy atom. The van der Waals surface area contributed by atoms with E-state index >= 15 is 0 Å². The van der Waals surface area contributed by atoms with Gasteiger partial charge in [-0.1, -0.05) is 0 Å². The maximum absolute atomic E-state index is 4.71. The summed E-state index contributed by atoms with van der Waals surface area (Å²) in [6.45, 7) is 7.90. The molecule has 1 unspecified atom stereocenters. The van der Waals surface area contributed by atoms with Crippen molar-refractivity contribution in [2.75, 3.05) is 26.7 Å². The summed E-state index contributed by atoms with van der Waals surface area (Å²) in [4.78, 5) is 7.16. The van der Waals surface area contributed by atoms with E-state index in [1.54, 1.807) is 0 Å². The second kappa shape index (κ2) is 8.78. The Bertz CT molecular complexity index is 437. The standard InChI is InChI=1S/C16H30N6/c1-4-17-16(18-9-5-11-22-12-6-10-20-22)19-13-14(2)21(3)15-7-8-15/h6,10,12,14-15H,4-5,7-9,11,13H2,1-3H3,(H2,17,18,19). The highest BCUT2D eigenvalue weighted by molar-refractivity contribution is 5.79. The number of hydrogen-bond acceptors (Lipinski definition) is 3. The van der Waals surface area contributed by atoms with Crippen LogP contribution < -0.4 is 10.6 Å². The smallest absolute Gasteiger partial charge is 0.191 e. The summed E-state index contributed by atoms with van der Waals surface area (Å²) in [6, 6.07) is 3.23. The van der Waals surface area contributed by atoms with Crippen LogP contribution in [0.15, 0.2) is 23.5 Å². The molecule has 6 heteroatoms. The fourth-order valence-corrected chi connectivity index (χ4v) is 2.42.